The summed E-state index contributed by atoms with van der Waals surface area (Å²) in [6, 6.07) is 7.50. The van der Waals surface area contributed by atoms with Gasteiger partial charge in [0.25, 0.3) is 0 Å². The third-order valence-corrected chi connectivity index (χ3v) is 5.41. The number of carbonyl (C=O) groups is 1. The molecule has 0 spiro atoms. The molecule has 0 aliphatic carbocycles. The van der Waals surface area contributed by atoms with Gasteiger partial charge in [0.05, 0.1) is 10.6 Å². The van der Waals surface area contributed by atoms with Crippen LogP contribution in [0.2, 0.25) is 5.02 Å². The van der Waals surface area contributed by atoms with Crippen LogP contribution < -0.4 is 5.32 Å². The molecule has 1 fully saturated rings. The molecule has 180 valence electrons. The summed E-state index contributed by atoms with van der Waals surface area (Å²) in [6.07, 6.45) is -10.9. The first kappa shape index (κ1) is 25.1. The molecule has 1 aromatic heterocycles. The molecular formula is C21H20ClF6N3O2. The minimum atomic E-state index is -4.84. The quantitative estimate of drug-likeness (QED) is 0.508. The summed E-state index contributed by atoms with van der Waals surface area (Å²) in [6.45, 7) is -0.232. The highest BCUT2D eigenvalue weighted by Gasteiger charge is 2.44. The van der Waals surface area contributed by atoms with Gasteiger partial charge in [-0.3, -0.25) is 10.2 Å². The van der Waals surface area contributed by atoms with E-state index in [0.717, 1.165) is 12.1 Å². The number of amides is 1. The van der Waals surface area contributed by atoms with Crippen molar-refractivity contribution < 1.29 is 35.9 Å². The third kappa shape index (κ3) is 7.23. The molecule has 2 aromatic rings. The molecule has 33 heavy (non-hydrogen) atoms. The van der Waals surface area contributed by atoms with Crippen molar-refractivity contribution in [3.8, 4) is 0 Å². The Labute approximate surface area is 190 Å². The van der Waals surface area contributed by atoms with E-state index < -0.39 is 36.7 Å². The number of nitrogens with zero attached hydrogens (tertiary/aromatic N) is 2. The fourth-order valence-electron chi connectivity index (χ4n) is 3.62. The van der Waals surface area contributed by atoms with Crippen LogP contribution in [-0.4, -0.2) is 47.9 Å². The monoisotopic (exact) mass is 495 g/mol. The number of anilines is 1. The van der Waals surface area contributed by atoms with Crippen molar-refractivity contribution in [2.75, 3.05) is 25.0 Å². The molecular weight excluding hydrogens is 476 g/mol. The average Bonchev–Trinajstić information content (AvgIpc) is 2.74. The van der Waals surface area contributed by atoms with Gasteiger partial charge in [-0.25, -0.2) is 9.78 Å². The first-order chi connectivity index (χ1) is 15.4. The van der Waals surface area contributed by atoms with Crippen LogP contribution in [-0.2, 0) is 10.9 Å². The highest BCUT2D eigenvalue weighted by atomic mass is 35.5. The lowest BCUT2D eigenvalue weighted by atomic mass is 9.89. The summed E-state index contributed by atoms with van der Waals surface area (Å²) in [4.78, 5) is 17.2. The summed E-state index contributed by atoms with van der Waals surface area (Å²) >= 11 is 5.67. The van der Waals surface area contributed by atoms with Gasteiger partial charge in [0.2, 0.25) is 6.10 Å². The van der Waals surface area contributed by atoms with Gasteiger partial charge in [0.1, 0.15) is 5.82 Å². The highest BCUT2D eigenvalue weighted by molar-refractivity contribution is 6.30. The molecule has 0 saturated carbocycles. The van der Waals surface area contributed by atoms with Gasteiger partial charge in [-0.2, -0.15) is 26.3 Å². The minimum Gasteiger partial charge on any atom is -0.435 e. The molecule has 1 aromatic carbocycles. The van der Waals surface area contributed by atoms with E-state index in [1.165, 1.54) is 35.4 Å². The van der Waals surface area contributed by atoms with Gasteiger partial charge in [-0.05, 0) is 49.1 Å². The molecule has 2 heterocycles. The van der Waals surface area contributed by atoms with E-state index in [-0.39, 0.29) is 23.3 Å². The van der Waals surface area contributed by atoms with Gasteiger partial charge >= 0.3 is 18.4 Å². The Bertz CT molecular complexity index is 952. The lowest BCUT2D eigenvalue weighted by Gasteiger charge is -2.35. The number of halogens is 7. The zero-order valence-corrected chi connectivity index (χ0v) is 17.8. The topological polar surface area (TPSA) is 54.5 Å². The largest absolute Gasteiger partial charge is 0.435 e. The van der Waals surface area contributed by atoms with Gasteiger partial charge in [0, 0.05) is 19.3 Å². The van der Waals surface area contributed by atoms with Crippen molar-refractivity contribution >= 4 is 23.5 Å². The number of alkyl halides is 6. The normalized spacial score (nSPS) is 18.6. The van der Waals surface area contributed by atoms with E-state index >= 15 is 0 Å². The van der Waals surface area contributed by atoms with E-state index in [9.17, 15) is 31.1 Å². The van der Waals surface area contributed by atoms with Crippen molar-refractivity contribution in [1.82, 2.24) is 9.88 Å². The molecule has 0 bridgehead atoms. The van der Waals surface area contributed by atoms with Crippen LogP contribution in [0.3, 0.4) is 0 Å². The molecule has 1 amide bonds. The number of rotatable bonds is 5. The van der Waals surface area contributed by atoms with Gasteiger partial charge in [0.15, 0.2) is 0 Å². The summed E-state index contributed by atoms with van der Waals surface area (Å²) in [5.41, 5.74) is -0.397. The predicted octanol–water partition coefficient (Wildman–Crippen LogP) is 6.11. The standard InChI is InChI=1S/C21H20ClF6N3O2/c22-16-6-7-18(29-10-16)30-19(32)33-17(21(26,27)28)12-31-8-2-4-14(11-31)13-3-1-5-15(9-13)20(23,24)25/h1,3,5-7,9-10,14,17H,2,4,8,11-12H2,(H,29,30,32). The lowest BCUT2D eigenvalue weighted by Crippen LogP contribution is -2.47. The number of aromatic nitrogens is 1. The van der Waals surface area contributed by atoms with Crippen LogP contribution in [0.25, 0.3) is 0 Å². The molecule has 2 unspecified atom stereocenters. The minimum absolute atomic E-state index is 0.0343. The maximum Gasteiger partial charge on any atom is 0.426 e. The average molecular weight is 496 g/mol. The number of pyridine rings is 1. The maximum absolute atomic E-state index is 13.5. The van der Waals surface area contributed by atoms with E-state index in [4.69, 9.17) is 11.6 Å². The molecule has 1 N–H and O–H groups in total. The summed E-state index contributed by atoms with van der Waals surface area (Å²) in [5.74, 6) is -0.407. The Morgan fingerprint density at radius 1 is 1.21 bits per heavy atom. The second-order valence-corrected chi connectivity index (χ2v) is 8.08. The Morgan fingerprint density at radius 3 is 2.61 bits per heavy atom. The molecule has 1 saturated heterocycles. The highest BCUT2D eigenvalue weighted by Crippen LogP contribution is 2.34. The van der Waals surface area contributed by atoms with E-state index in [0.29, 0.717) is 24.9 Å². The Hall–Kier alpha value is -2.53. The molecule has 5 nitrogen and oxygen atoms in total. The van der Waals surface area contributed by atoms with E-state index in [1.807, 2.05) is 0 Å². The Kier molecular flexibility index (Phi) is 7.73. The van der Waals surface area contributed by atoms with Crippen molar-refractivity contribution in [2.24, 2.45) is 0 Å². The molecule has 2 atom stereocenters. The summed E-state index contributed by atoms with van der Waals surface area (Å²) < 4.78 is 84.3. The first-order valence-corrected chi connectivity index (χ1v) is 10.3. The number of ether oxygens (including phenoxy) is 1. The second kappa shape index (κ2) is 10.2. The molecule has 1 aliphatic heterocycles. The van der Waals surface area contributed by atoms with Crippen LogP contribution in [0.5, 0.6) is 0 Å². The van der Waals surface area contributed by atoms with Crippen molar-refractivity contribution in [2.45, 2.75) is 37.2 Å². The number of piperidine rings is 1. The van der Waals surface area contributed by atoms with Crippen LogP contribution in [0, 0.1) is 0 Å². The van der Waals surface area contributed by atoms with Crippen LogP contribution in [0.15, 0.2) is 42.6 Å². The predicted molar refractivity (Wildman–Crippen MR) is 109 cm³/mol. The second-order valence-electron chi connectivity index (χ2n) is 7.64. The molecule has 0 radical (unpaired) electrons. The van der Waals surface area contributed by atoms with Gasteiger partial charge in [-0.15, -0.1) is 0 Å². The van der Waals surface area contributed by atoms with Gasteiger partial charge < -0.3 is 4.74 Å². The molecule has 3 rings (SSSR count). The smallest absolute Gasteiger partial charge is 0.426 e. The van der Waals surface area contributed by atoms with Crippen LogP contribution >= 0.6 is 11.6 Å². The number of nitrogens with one attached hydrogen (secondary N) is 1. The van der Waals surface area contributed by atoms with Gasteiger partial charge in [-0.1, -0.05) is 29.8 Å². The SMILES string of the molecule is O=C(Nc1ccc(Cl)cn1)OC(CN1CCCC(c2cccc(C(F)(F)F)c2)C1)C(F)(F)F. The van der Waals surface area contributed by atoms with Crippen molar-refractivity contribution in [3.63, 3.8) is 0 Å². The maximum atomic E-state index is 13.5. The number of hydrogen-bond donors (Lipinski definition) is 1. The lowest BCUT2D eigenvalue weighted by molar-refractivity contribution is -0.207. The third-order valence-electron chi connectivity index (χ3n) is 5.19. The fraction of sp³-hybridized carbons (Fsp3) is 0.429. The van der Waals surface area contributed by atoms with E-state index in [1.54, 1.807) is 0 Å². The van der Waals surface area contributed by atoms with Crippen molar-refractivity contribution in [1.29, 1.82) is 0 Å². The fourth-order valence-corrected chi connectivity index (χ4v) is 3.73. The summed E-state index contributed by atoms with van der Waals surface area (Å²) in [7, 11) is 0. The number of hydrogen-bond acceptors (Lipinski definition) is 4. The van der Waals surface area contributed by atoms with Crippen LogP contribution in [0.1, 0.15) is 29.9 Å². The van der Waals surface area contributed by atoms with Crippen LogP contribution in [0.4, 0.5) is 37.0 Å². The Morgan fingerprint density at radius 2 is 1.97 bits per heavy atom. The number of carbonyl (C=O) groups excluding carboxylic acids is 1. The molecule has 1 aliphatic rings. The number of likely N-dealkylation sites (tertiary alicyclic amines) is 1. The summed E-state index contributed by atoms with van der Waals surface area (Å²) in [5, 5.41) is 2.39. The first-order valence-electron chi connectivity index (χ1n) is 9.97. The van der Waals surface area contributed by atoms with Crippen molar-refractivity contribution in [3.05, 3.63) is 58.7 Å². The molecule has 12 heteroatoms. The zero-order valence-electron chi connectivity index (χ0n) is 17.1. The Balaban J connectivity index is 1.65. The number of benzene rings is 1. The zero-order chi connectivity index (χ0) is 24.2. The van der Waals surface area contributed by atoms with E-state index in [2.05, 4.69) is 15.0 Å².